The molecule has 0 aromatic heterocycles. The van der Waals surface area contributed by atoms with Gasteiger partial charge in [0.1, 0.15) is 0 Å². The van der Waals surface area contributed by atoms with Crippen molar-refractivity contribution in [3.63, 3.8) is 0 Å². The van der Waals surface area contributed by atoms with Crippen LogP contribution in [0.5, 0.6) is 5.75 Å². The maximum absolute atomic E-state index is 10.1. The average molecular weight is 190 g/mol. The molecule has 0 atom stereocenters. The molecule has 60 valence electrons. The van der Waals surface area contributed by atoms with E-state index in [4.69, 9.17) is 0 Å². The van der Waals surface area contributed by atoms with E-state index in [1.54, 1.807) is 18.2 Å². The minimum Gasteiger partial charge on any atom is -0.851 e. The number of para-hydroxylation sites is 1. The summed E-state index contributed by atoms with van der Waals surface area (Å²) in [6, 6.07) is 7.65. The Morgan fingerprint density at radius 3 is 1.64 bits per heavy atom. The maximum Gasteiger partial charge on any atom is 1.00 e. The largest absolute Gasteiger partial charge is 1.00 e. The Morgan fingerprint density at radius 2 is 1.29 bits per heavy atom. The molecule has 14 heavy (non-hydrogen) atoms. The summed E-state index contributed by atoms with van der Waals surface area (Å²) in [6.07, 6.45) is 0. The first-order valence-corrected chi connectivity index (χ1v) is 4.56. The van der Waals surface area contributed by atoms with Crippen LogP contribution < -0.4 is 75.4 Å². The molecule has 0 radical (unpaired) electrons. The van der Waals surface area contributed by atoms with Gasteiger partial charge in [-0.25, -0.2) is 0 Å². The van der Waals surface area contributed by atoms with Crippen molar-refractivity contribution in [1.29, 1.82) is 0 Å². The fraction of sp³-hybridized carbons (Fsp3) is 0. The molecule has 1 aromatic carbocycles. The van der Waals surface area contributed by atoms with Gasteiger partial charge in [0.15, 0.2) is 0 Å². The molecule has 0 spiro atoms. The number of benzene rings is 1. The molecule has 8 heteroatoms. The van der Waals surface area contributed by atoms with Crippen molar-refractivity contribution < 1.29 is 75.4 Å². The van der Waals surface area contributed by atoms with Crippen LogP contribution in [0.2, 0.25) is 0 Å². The molecule has 0 bridgehead atoms. The molecule has 0 aliphatic carbocycles. The average Bonchev–Trinajstić information content (AvgIpc) is 1.85. The summed E-state index contributed by atoms with van der Waals surface area (Å²) in [5.41, 5.74) is 0. The van der Waals surface area contributed by atoms with Crippen LogP contribution in [0.4, 0.5) is 0 Å². The van der Waals surface area contributed by atoms with Crippen molar-refractivity contribution in [2.45, 2.75) is 0 Å². The van der Waals surface area contributed by atoms with Gasteiger partial charge in [0.2, 0.25) is 0 Å². The fourth-order valence-corrected chi connectivity index (χ4v) is 1.06. The van der Waals surface area contributed by atoms with Crippen LogP contribution in [-0.2, 0) is 0 Å². The Balaban J connectivity index is -0.000000403. The minimum atomic E-state index is -5.15. The third-order valence-corrected chi connectivity index (χ3v) is 1.47. The van der Waals surface area contributed by atoms with E-state index in [1.165, 1.54) is 12.1 Å². The van der Waals surface area contributed by atoms with Crippen molar-refractivity contribution in [2.75, 3.05) is 0 Å². The van der Waals surface area contributed by atoms with E-state index in [0.717, 1.165) is 0 Å². The smallest absolute Gasteiger partial charge is 0.851 e. The van der Waals surface area contributed by atoms with Gasteiger partial charge in [-0.05, 0) is 21.2 Å². The molecule has 0 amide bonds. The third-order valence-electron chi connectivity index (χ3n) is 0.986. The molecular weight excluding hydrogens is 185 g/mol. The second kappa shape index (κ2) is 9.16. The molecule has 0 heterocycles. The molecule has 0 unspecified atom stereocenters. The Morgan fingerprint density at radius 1 is 0.857 bits per heavy atom. The standard InChI is InChI=1S/C6H5O4Si.3Li/c7-11(8,9)10-6-4-2-1-3-5-6;;;/h1-5H;;;/q-3;3*+1. The maximum atomic E-state index is 10.1. The van der Waals surface area contributed by atoms with Crippen LogP contribution in [0.15, 0.2) is 30.3 Å². The van der Waals surface area contributed by atoms with Gasteiger partial charge in [0, 0.05) is 0 Å². The Labute approximate surface area is 120 Å². The third kappa shape index (κ3) is 9.46. The van der Waals surface area contributed by atoms with Crippen LogP contribution in [0.1, 0.15) is 0 Å². The molecule has 1 rings (SSSR count). The van der Waals surface area contributed by atoms with Gasteiger partial charge < -0.3 is 18.8 Å². The number of rotatable bonds is 2. The molecule has 1 aromatic rings. The van der Waals surface area contributed by atoms with E-state index in [0.29, 0.717) is 0 Å². The molecule has 0 saturated heterocycles. The van der Waals surface area contributed by atoms with Gasteiger partial charge in [0.05, 0.1) is 5.75 Å². The van der Waals surface area contributed by atoms with Gasteiger partial charge in [-0.3, -0.25) is 0 Å². The van der Waals surface area contributed by atoms with E-state index in [2.05, 4.69) is 4.43 Å². The van der Waals surface area contributed by atoms with Gasteiger partial charge in [0.25, 0.3) is 0 Å². The van der Waals surface area contributed by atoms with E-state index in [1.807, 2.05) is 0 Å². The quantitative estimate of drug-likeness (QED) is 0.434. The van der Waals surface area contributed by atoms with Crippen LogP contribution >= 0.6 is 0 Å². The van der Waals surface area contributed by atoms with E-state index in [-0.39, 0.29) is 62.3 Å². The summed E-state index contributed by atoms with van der Waals surface area (Å²) in [5, 5.41) is 0. The first kappa shape index (κ1) is 20.3. The summed E-state index contributed by atoms with van der Waals surface area (Å²) in [5.74, 6) is 0.0548. The second-order valence-corrected chi connectivity index (χ2v) is 3.12. The second-order valence-electron chi connectivity index (χ2n) is 1.92. The zero-order valence-electron chi connectivity index (χ0n) is 8.52. The monoisotopic (exact) mass is 190 g/mol. The molecule has 0 fully saturated rings. The Hall–Kier alpha value is 0.909. The SMILES string of the molecule is [Li+].[Li+].[Li+].[O-][Si]([O-])([O-])Oc1ccccc1. The van der Waals surface area contributed by atoms with E-state index in [9.17, 15) is 14.4 Å². The van der Waals surface area contributed by atoms with Gasteiger partial charge >= 0.3 is 56.6 Å². The van der Waals surface area contributed by atoms with Crippen molar-refractivity contribution in [2.24, 2.45) is 0 Å². The summed E-state index contributed by atoms with van der Waals surface area (Å²) >= 11 is 0. The summed E-state index contributed by atoms with van der Waals surface area (Å²) in [4.78, 5) is 30.2. The van der Waals surface area contributed by atoms with E-state index >= 15 is 0 Å². The van der Waals surface area contributed by atoms with Crippen LogP contribution in [0, 0.1) is 0 Å². The van der Waals surface area contributed by atoms with E-state index < -0.39 is 9.05 Å². The Bertz CT molecular complexity index is 228. The first-order chi connectivity index (χ1) is 5.08. The molecular formula is C6H5Li3O4Si. The molecule has 0 aliphatic rings. The van der Waals surface area contributed by atoms with Crippen LogP contribution in [0.3, 0.4) is 0 Å². The number of hydrogen-bond donors (Lipinski definition) is 0. The molecule has 0 aliphatic heterocycles. The predicted octanol–water partition coefficient (Wildman–Crippen LogP) is -11.4. The zero-order chi connectivity index (χ0) is 8.32. The minimum absolute atomic E-state index is 0. The summed E-state index contributed by atoms with van der Waals surface area (Å²) in [6.45, 7) is 0. The molecule has 0 N–H and O–H groups in total. The van der Waals surface area contributed by atoms with Gasteiger partial charge in [-0.2, -0.15) is 0 Å². The van der Waals surface area contributed by atoms with Crippen LogP contribution in [-0.4, -0.2) is 9.05 Å². The fourth-order valence-electron chi connectivity index (χ4n) is 0.633. The number of hydrogen-bond acceptors (Lipinski definition) is 4. The molecule has 0 saturated carbocycles. The topological polar surface area (TPSA) is 78.4 Å². The van der Waals surface area contributed by atoms with Crippen molar-refractivity contribution in [3.05, 3.63) is 30.3 Å². The van der Waals surface area contributed by atoms with Gasteiger partial charge in [-0.1, -0.05) is 18.2 Å². The van der Waals surface area contributed by atoms with Crippen molar-refractivity contribution >= 4 is 9.05 Å². The van der Waals surface area contributed by atoms with Crippen molar-refractivity contribution in [3.8, 4) is 5.75 Å². The molecule has 4 nitrogen and oxygen atoms in total. The Kier molecular flexibility index (Phi) is 13.3. The van der Waals surface area contributed by atoms with Gasteiger partial charge in [-0.15, -0.1) is 0 Å². The zero-order valence-corrected chi connectivity index (χ0v) is 9.52. The first-order valence-electron chi connectivity index (χ1n) is 2.93. The summed E-state index contributed by atoms with van der Waals surface area (Å²) < 4.78 is 4.07. The van der Waals surface area contributed by atoms with Crippen molar-refractivity contribution in [1.82, 2.24) is 0 Å². The summed E-state index contributed by atoms with van der Waals surface area (Å²) in [7, 11) is -5.15. The predicted molar refractivity (Wildman–Crippen MR) is 32.8 cm³/mol. The normalized spacial score (nSPS) is 8.79. The van der Waals surface area contributed by atoms with Crippen LogP contribution in [0.25, 0.3) is 0 Å².